The van der Waals surface area contributed by atoms with Gasteiger partial charge in [0.15, 0.2) is 0 Å². The predicted molar refractivity (Wildman–Crippen MR) is 74.9 cm³/mol. The summed E-state index contributed by atoms with van der Waals surface area (Å²) in [6, 6.07) is 4.55. The maximum atomic E-state index is 6.34. The molecule has 0 radical (unpaired) electrons. The van der Waals surface area contributed by atoms with E-state index in [2.05, 4.69) is 17.2 Å². The Morgan fingerprint density at radius 1 is 1.44 bits per heavy atom. The molecular formula is C14H19N3S. The first-order chi connectivity index (χ1) is 8.63. The molecule has 1 atom stereocenters. The zero-order chi connectivity index (χ0) is 12.7. The van der Waals surface area contributed by atoms with Gasteiger partial charge in [-0.25, -0.2) is 0 Å². The summed E-state index contributed by atoms with van der Waals surface area (Å²) in [6.45, 7) is 2.02. The highest BCUT2D eigenvalue weighted by Gasteiger charge is 2.19. The number of fused-ring (bicyclic) bond motifs is 1. The molecule has 3 nitrogen and oxygen atoms in total. The number of nitrogens with two attached hydrogens (primary N) is 1. The van der Waals surface area contributed by atoms with Crippen molar-refractivity contribution in [3.05, 3.63) is 38.8 Å². The van der Waals surface area contributed by atoms with Crippen molar-refractivity contribution in [2.24, 2.45) is 12.8 Å². The molecule has 2 aromatic rings. The summed E-state index contributed by atoms with van der Waals surface area (Å²) in [7, 11) is 1.99. The van der Waals surface area contributed by atoms with Gasteiger partial charge in [-0.3, -0.25) is 4.68 Å². The van der Waals surface area contributed by atoms with Crippen LogP contribution >= 0.6 is 11.3 Å². The van der Waals surface area contributed by atoms with Crippen LogP contribution in [0.25, 0.3) is 0 Å². The summed E-state index contributed by atoms with van der Waals surface area (Å²) in [5.41, 5.74) is 10.1. The molecule has 2 N–H and O–H groups in total. The lowest BCUT2D eigenvalue weighted by Crippen LogP contribution is -2.14. The molecule has 2 aromatic heterocycles. The molecule has 0 saturated heterocycles. The summed E-state index contributed by atoms with van der Waals surface area (Å²) in [5, 5.41) is 4.37. The number of hydrogen-bond donors (Lipinski definition) is 1. The largest absolute Gasteiger partial charge is 0.323 e. The lowest BCUT2D eigenvalue weighted by atomic mass is 10.1. The van der Waals surface area contributed by atoms with Gasteiger partial charge in [0.05, 0.1) is 5.69 Å². The van der Waals surface area contributed by atoms with Crippen molar-refractivity contribution in [2.75, 3.05) is 0 Å². The Labute approximate surface area is 112 Å². The van der Waals surface area contributed by atoms with Gasteiger partial charge in [0, 0.05) is 35.0 Å². The van der Waals surface area contributed by atoms with Gasteiger partial charge in [-0.05, 0) is 43.9 Å². The molecule has 1 aliphatic rings. The van der Waals surface area contributed by atoms with Crippen molar-refractivity contribution in [1.29, 1.82) is 0 Å². The zero-order valence-corrected chi connectivity index (χ0v) is 11.8. The van der Waals surface area contributed by atoms with Crippen LogP contribution < -0.4 is 5.73 Å². The molecule has 1 unspecified atom stereocenters. The average Bonchev–Trinajstić information content (AvgIpc) is 2.93. The second-order valence-corrected chi connectivity index (χ2v) is 6.33. The highest BCUT2D eigenvalue weighted by molar-refractivity contribution is 7.12. The van der Waals surface area contributed by atoms with E-state index >= 15 is 0 Å². The fourth-order valence-corrected chi connectivity index (χ4v) is 3.97. The number of aromatic nitrogens is 2. The normalized spacial score (nSPS) is 15.9. The molecule has 3 rings (SSSR count). The van der Waals surface area contributed by atoms with Crippen molar-refractivity contribution < 1.29 is 0 Å². The summed E-state index contributed by atoms with van der Waals surface area (Å²) < 4.78 is 1.94. The van der Waals surface area contributed by atoms with Gasteiger partial charge in [-0.1, -0.05) is 0 Å². The van der Waals surface area contributed by atoms with Gasteiger partial charge in [0.2, 0.25) is 0 Å². The highest BCUT2D eigenvalue weighted by atomic mass is 32.1. The van der Waals surface area contributed by atoms with Gasteiger partial charge in [-0.2, -0.15) is 5.10 Å². The molecule has 0 aliphatic heterocycles. The summed E-state index contributed by atoms with van der Waals surface area (Å²) in [5.74, 6) is 0. The third-order valence-corrected chi connectivity index (χ3v) is 5.03. The number of aryl methyl sites for hydroxylation is 4. The fraction of sp³-hybridized carbons (Fsp3) is 0.500. The van der Waals surface area contributed by atoms with Crippen molar-refractivity contribution in [2.45, 2.75) is 38.6 Å². The summed E-state index contributed by atoms with van der Waals surface area (Å²) in [6.07, 6.45) is 4.68. The van der Waals surface area contributed by atoms with E-state index in [9.17, 15) is 0 Å². The molecule has 2 heterocycles. The first-order valence-corrected chi connectivity index (χ1v) is 7.31. The first kappa shape index (κ1) is 11.9. The molecule has 4 heteroatoms. The van der Waals surface area contributed by atoms with E-state index in [1.807, 2.05) is 30.0 Å². The second-order valence-electron chi connectivity index (χ2n) is 5.16. The standard InChI is InChI=1S/C14H19N3S/c1-9-6-11(17(2)16-9)8-12(15)14-7-10-4-3-5-13(10)18-14/h6-7,12H,3-5,8,15H2,1-2H3. The van der Waals surface area contributed by atoms with Gasteiger partial charge >= 0.3 is 0 Å². The molecule has 0 aromatic carbocycles. The van der Waals surface area contributed by atoms with E-state index in [0.29, 0.717) is 0 Å². The molecule has 96 valence electrons. The van der Waals surface area contributed by atoms with E-state index in [-0.39, 0.29) is 6.04 Å². The Kier molecular flexibility index (Phi) is 2.99. The van der Waals surface area contributed by atoms with Crippen LogP contribution in [0.3, 0.4) is 0 Å². The van der Waals surface area contributed by atoms with Crippen LogP contribution in [0, 0.1) is 6.92 Å². The summed E-state index contributed by atoms with van der Waals surface area (Å²) in [4.78, 5) is 2.89. The topological polar surface area (TPSA) is 43.8 Å². The second kappa shape index (κ2) is 4.52. The van der Waals surface area contributed by atoms with Gasteiger partial charge in [-0.15, -0.1) is 11.3 Å². The molecule has 0 spiro atoms. The van der Waals surface area contributed by atoms with Crippen molar-refractivity contribution in [3.8, 4) is 0 Å². The van der Waals surface area contributed by atoms with E-state index in [1.54, 1.807) is 4.88 Å². The van der Waals surface area contributed by atoms with Crippen LogP contribution in [0.15, 0.2) is 12.1 Å². The Hall–Kier alpha value is -1.13. The van der Waals surface area contributed by atoms with Gasteiger partial charge < -0.3 is 5.73 Å². The molecule has 0 saturated carbocycles. The van der Waals surface area contributed by atoms with Crippen LogP contribution in [0.1, 0.15) is 39.2 Å². The Balaban J connectivity index is 1.78. The average molecular weight is 261 g/mol. The minimum Gasteiger partial charge on any atom is -0.323 e. The predicted octanol–water partition coefficient (Wildman–Crippen LogP) is 2.52. The third-order valence-electron chi connectivity index (χ3n) is 3.66. The third kappa shape index (κ3) is 2.10. The Bertz CT molecular complexity index is 546. The maximum Gasteiger partial charge on any atom is 0.0596 e. The molecule has 18 heavy (non-hydrogen) atoms. The van der Waals surface area contributed by atoms with Crippen LogP contribution in [-0.2, 0) is 26.3 Å². The molecular weight excluding hydrogens is 242 g/mol. The number of rotatable bonds is 3. The van der Waals surface area contributed by atoms with Crippen LogP contribution in [0.4, 0.5) is 0 Å². The highest BCUT2D eigenvalue weighted by Crippen LogP contribution is 2.33. The van der Waals surface area contributed by atoms with Crippen LogP contribution in [0.2, 0.25) is 0 Å². The molecule has 0 amide bonds. The van der Waals surface area contributed by atoms with Crippen molar-refractivity contribution >= 4 is 11.3 Å². The number of thiophene rings is 1. The van der Waals surface area contributed by atoms with Crippen LogP contribution in [-0.4, -0.2) is 9.78 Å². The van der Waals surface area contributed by atoms with E-state index < -0.39 is 0 Å². The lowest BCUT2D eigenvalue weighted by molar-refractivity contribution is 0.645. The fourth-order valence-electron chi connectivity index (χ4n) is 2.72. The van der Waals surface area contributed by atoms with Gasteiger partial charge in [0.1, 0.15) is 0 Å². The molecule has 1 aliphatic carbocycles. The number of nitrogens with zero attached hydrogens (tertiary/aromatic N) is 2. The molecule has 0 bridgehead atoms. The smallest absolute Gasteiger partial charge is 0.0596 e. The van der Waals surface area contributed by atoms with E-state index in [1.165, 1.54) is 35.4 Å². The van der Waals surface area contributed by atoms with Crippen LogP contribution in [0.5, 0.6) is 0 Å². The lowest BCUT2D eigenvalue weighted by Gasteiger charge is -2.09. The molecule has 0 fully saturated rings. The van der Waals surface area contributed by atoms with E-state index in [4.69, 9.17) is 5.73 Å². The summed E-state index contributed by atoms with van der Waals surface area (Å²) >= 11 is 1.91. The maximum absolute atomic E-state index is 6.34. The van der Waals surface area contributed by atoms with E-state index in [0.717, 1.165) is 12.1 Å². The Morgan fingerprint density at radius 3 is 2.94 bits per heavy atom. The van der Waals surface area contributed by atoms with Gasteiger partial charge in [0.25, 0.3) is 0 Å². The first-order valence-electron chi connectivity index (χ1n) is 6.50. The van der Waals surface area contributed by atoms with Crippen molar-refractivity contribution in [1.82, 2.24) is 9.78 Å². The Morgan fingerprint density at radius 2 is 2.28 bits per heavy atom. The quantitative estimate of drug-likeness (QED) is 0.922. The minimum atomic E-state index is 0.107. The monoisotopic (exact) mass is 261 g/mol. The zero-order valence-electron chi connectivity index (χ0n) is 10.9. The van der Waals surface area contributed by atoms with Crippen molar-refractivity contribution in [3.63, 3.8) is 0 Å². The minimum absolute atomic E-state index is 0.107. The SMILES string of the molecule is Cc1cc(CC(N)c2cc3c(s2)CCC3)n(C)n1. The number of hydrogen-bond acceptors (Lipinski definition) is 3.